The summed E-state index contributed by atoms with van der Waals surface area (Å²) in [6, 6.07) is 19.7. The molecule has 7 nitrogen and oxygen atoms in total. The Labute approximate surface area is 231 Å². The van der Waals surface area contributed by atoms with Gasteiger partial charge >= 0.3 is 5.97 Å². The SMILES string of the molecule is CC(C)(C)c1ccc(Oc2ccc(N3C[C@H](C(=O)OCC(=O)Nc4ccc(Cl)c(Cl)c4)CC3=O)cc2)cc1. The van der Waals surface area contributed by atoms with Crippen LogP contribution in [0, 0.1) is 5.92 Å². The van der Waals surface area contributed by atoms with Gasteiger partial charge in [-0.1, -0.05) is 56.1 Å². The molecule has 3 aromatic carbocycles. The molecule has 0 aliphatic carbocycles. The largest absolute Gasteiger partial charge is 0.457 e. The maximum atomic E-state index is 12.6. The first kappa shape index (κ1) is 27.5. The Morgan fingerprint density at radius 1 is 0.947 bits per heavy atom. The molecule has 198 valence electrons. The van der Waals surface area contributed by atoms with Crippen molar-refractivity contribution in [2.24, 2.45) is 5.92 Å². The number of benzene rings is 3. The Morgan fingerprint density at radius 2 is 1.58 bits per heavy atom. The van der Waals surface area contributed by atoms with Crippen LogP contribution in [0.2, 0.25) is 10.0 Å². The molecule has 38 heavy (non-hydrogen) atoms. The topological polar surface area (TPSA) is 84.9 Å². The molecule has 1 heterocycles. The highest BCUT2D eigenvalue weighted by Gasteiger charge is 2.36. The van der Waals surface area contributed by atoms with Crippen molar-refractivity contribution in [3.8, 4) is 11.5 Å². The van der Waals surface area contributed by atoms with Crippen LogP contribution < -0.4 is 15.0 Å². The third kappa shape index (κ3) is 6.85. The van der Waals surface area contributed by atoms with Crippen molar-refractivity contribution in [3.05, 3.63) is 82.3 Å². The number of carbonyl (C=O) groups is 3. The molecular weight excluding hydrogens is 527 g/mol. The van der Waals surface area contributed by atoms with Crippen LogP contribution >= 0.6 is 23.2 Å². The first-order valence-electron chi connectivity index (χ1n) is 12.1. The second kappa shape index (κ2) is 11.5. The van der Waals surface area contributed by atoms with Gasteiger partial charge in [0.1, 0.15) is 11.5 Å². The summed E-state index contributed by atoms with van der Waals surface area (Å²) in [7, 11) is 0. The second-order valence-electron chi connectivity index (χ2n) is 10.1. The zero-order valence-corrected chi connectivity index (χ0v) is 22.8. The monoisotopic (exact) mass is 554 g/mol. The molecule has 0 saturated carbocycles. The van der Waals surface area contributed by atoms with Crippen LogP contribution in [0.1, 0.15) is 32.8 Å². The zero-order valence-electron chi connectivity index (χ0n) is 21.3. The molecule has 0 unspecified atom stereocenters. The van der Waals surface area contributed by atoms with Gasteiger partial charge in [-0.2, -0.15) is 0 Å². The molecule has 1 fully saturated rings. The highest BCUT2D eigenvalue weighted by atomic mass is 35.5. The van der Waals surface area contributed by atoms with Gasteiger partial charge in [-0.15, -0.1) is 0 Å². The number of nitrogens with zero attached hydrogens (tertiary/aromatic N) is 1. The fourth-order valence-electron chi connectivity index (χ4n) is 3.99. The number of anilines is 2. The minimum Gasteiger partial charge on any atom is -0.457 e. The van der Waals surface area contributed by atoms with Crippen LogP contribution in [0.4, 0.5) is 11.4 Å². The molecule has 1 aliphatic heterocycles. The van der Waals surface area contributed by atoms with E-state index in [1.165, 1.54) is 16.5 Å². The Kier molecular flexibility index (Phi) is 8.29. The lowest BCUT2D eigenvalue weighted by atomic mass is 9.87. The number of ether oxygens (including phenoxy) is 2. The summed E-state index contributed by atoms with van der Waals surface area (Å²) in [6.45, 7) is 6.15. The number of nitrogens with one attached hydrogen (secondary N) is 1. The summed E-state index contributed by atoms with van der Waals surface area (Å²) >= 11 is 11.8. The highest BCUT2D eigenvalue weighted by Crippen LogP contribution is 2.31. The van der Waals surface area contributed by atoms with Crippen molar-refractivity contribution in [2.75, 3.05) is 23.4 Å². The van der Waals surface area contributed by atoms with Gasteiger partial charge in [0.05, 0.1) is 16.0 Å². The van der Waals surface area contributed by atoms with Crippen LogP contribution in [-0.2, 0) is 24.5 Å². The van der Waals surface area contributed by atoms with E-state index in [1.807, 2.05) is 24.3 Å². The molecule has 4 rings (SSSR count). The molecule has 1 N–H and O–H groups in total. The summed E-state index contributed by atoms with van der Waals surface area (Å²) in [4.78, 5) is 38.8. The molecule has 0 bridgehead atoms. The normalized spacial score (nSPS) is 15.3. The summed E-state index contributed by atoms with van der Waals surface area (Å²) in [5.41, 5.74) is 2.36. The van der Waals surface area contributed by atoms with E-state index in [9.17, 15) is 14.4 Å². The van der Waals surface area contributed by atoms with E-state index in [0.717, 1.165) is 0 Å². The van der Waals surface area contributed by atoms with Crippen LogP contribution in [0.25, 0.3) is 0 Å². The lowest BCUT2D eigenvalue weighted by Gasteiger charge is -2.19. The minimum atomic E-state index is -0.669. The van der Waals surface area contributed by atoms with Crippen LogP contribution in [0.3, 0.4) is 0 Å². The first-order valence-corrected chi connectivity index (χ1v) is 12.9. The van der Waals surface area contributed by atoms with Gasteiger partial charge in [0.15, 0.2) is 6.61 Å². The number of halogens is 2. The van der Waals surface area contributed by atoms with Gasteiger partial charge < -0.3 is 19.7 Å². The Morgan fingerprint density at radius 3 is 2.18 bits per heavy atom. The third-order valence-corrected chi connectivity index (χ3v) is 6.85. The van der Waals surface area contributed by atoms with Crippen molar-refractivity contribution < 1.29 is 23.9 Å². The molecule has 1 saturated heterocycles. The van der Waals surface area contributed by atoms with Crippen molar-refractivity contribution in [3.63, 3.8) is 0 Å². The average molecular weight is 555 g/mol. The van der Waals surface area contributed by atoms with Gasteiger partial charge in [0.25, 0.3) is 5.91 Å². The van der Waals surface area contributed by atoms with E-state index in [0.29, 0.717) is 32.9 Å². The molecule has 1 atom stereocenters. The van der Waals surface area contributed by atoms with Crippen LogP contribution in [0.15, 0.2) is 66.7 Å². The molecule has 0 aromatic heterocycles. The standard InChI is InChI=1S/C29H28Cl2N2O5/c1-29(2,3)19-4-9-22(10-5-19)38-23-11-7-21(8-12-23)33-16-18(14-27(33)35)28(36)37-17-26(34)32-20-6-13-24(30)25(31)15-20/h4-13,15,18H,14,16-17H2,1-3H3,(H,32,34)/t18-/m1/s1. The van der Waals surface area contributed by atoms with E-state index in [4.69, 9.17) is 32.7 Å². The summed E-state index contributed by atoms with van der Waals surface area (Å²) < 4.78 is 11.1. The van der Waals surface area contributed by atoms with E-state index < -0.39 is 24.4 Å². The Hall–Kier alpha value is -3.55. The van der Waals surface area contributed by atoms with Gasteiger partial charge in [0.2, 0.25) is 5.91 Å². The van der Waals surface area contributed by atoms with E-state index in [-0.39, 0.29) is 24.3 Å². The molecule has 1 aliphatic rings. The van der Waals surface area contributed by atoms with Crippen molar-refractivity contribution in [1.29, 1.82) is 0 Å². The van der Waals surface area contributed by atoms with Gasteiger partial charge in [-0.3, -0.25) is 14.4 Å². The Bertz CT molecular complexity index is 1330. The fraction of sp³-hybridized carbons (Fsp3) is 0.276. The highest BCUT2D eigenvalue weighted by molar-refractivity contribution is 6.42. The molecule has 3 aromatic rings. The first-order chi connectivity index (χ1) is 18.0. The van der Waals surface area contributed by atoms with Crippen LogP contribution in [0.5, 0.6) is 11.5 Å². The average Bonchev–Trinajstić information content (AvgIpc) is 3.27. The smallest absolute Gasteiger partial charge is 0.311 e. The maximum Gasteiger partial charge on any atom is 0.311 e. The lowest BCUT2D eigenvalue weighted by Crippen LogP contribution is -2.28. The van der Waals surface area contributed by atoms with Crippen LogP contribution in [-0.4, -0.2) is 30.9 Å². The summed E-state index contributed by atoms with van der Waals surface area (Å²) in [6.07, 6.45) is 0.00558. The lowest BCUT2D eigenvalue weighted by molar-refractivity contribution is -0.151. The molecule has 0 spiro atoms. The van der Waals surface area contributed by atoms with Crippen molar-refractivity contribution in [2.45, 2.75) is 32.6 Å². The number of hydrogen-bond acceptors (Lipinski definition) is 5. The quantitative estimate of drug-likeness (QED) is 0.332. The van der Waals surface area contributed by atoms with Gasteiger partial charge in [-0.05, 0) is 65.6 Å². The number of rotatable bonds is 7. The van der Waals surface area contributed by atoms with E-state index in [1.54, 1.807) is 36.4 Å². The predicted molar refractivity (Wildman–Crippen MR) is 148 cm³/mol. The van der Waals surface area contributed by atoms with Crippen molar-refractivity contribution in [1.82, 2.24) is 0 Å². The number of carbonyl (C=O) groups excluding carboxylic acids is 3. The van der Waals surface area contributed by atoms with Gasteiger partial charge in [-0.25, -0.2) is 0 Å². The van der Waals surface area contributed by atoms with Gasteiger partial charge in [0, 0.05) is 24.3 Å². The number of esters is 1. The predicted octanol–water partition coefficient (Wildman–Crippen LogP) is 6.62. The minimum absolute atomic E-state index is 0.00558. The molecular formula is C29H28Cl2N2O5. The molecule has 2 amide bonds. The Balaban J connectivity index is 1.29. The molecule has 9 heteroatoms. The van der Waals surface area contributed by atoms with Crippen molar-refractivity contribution >= 4 is 52.4 Å². The zero-order chi connectivity index (χ0) is 27.4. The third-order valence-electron chi connectivity index (χ3n) is 6.11. The van der Waals surface area contributed by atoms with E-state index >= 15 is 0 Å². The summed E-state index contributed by atoms with van der Waals surface area (Å²) in [5, 5.41) is 3.24. The molecule has 0 radical (unpaired) electrons. The fourth-order valence-corrected chi connectivity index (χ4v) is 4.29. The maximum absolute atomic E-state index is 12.6. The number of hydrogen-bond donors (Lipinski definition) is 1. The number of amides is 2. The summed E-state index contributed by atoms with van der Waals surface area (Å²) in [5.74, 6) is -0.650. The van der Waals surface area contributed by atoms with E-state index in [2.05, 4.69) is 26.1 Å². The second-order valence-corrected chi connectivity index (χ2v) is 10.9.